The fraction of sp³-hybridized carbons (Fsp3) is 0.538. The number of rotatable bonds is 8. The molecule has 156 valence electrons. The van der Waals surface area contributed by atoms with Gasteiger partial charge in [0, 0.05) is 38.3 Å². The molecule has 3 heteroatoms. The first-order valence-corrected chi connectivity index (χ1v) is 11.5. The van der Waals surface area contributed by atoms with Crippen molar-refractivity contribution >= 4 is 0 Å². The Morgan fingerprint density at radius 1 is 0.759 bits per heavy atom. The van der Waals surface area contributed by atoms with E-state index in [1.54, 1.807) is 0 Å². The van der Waals surface area contributed by atoms with Crippen LogP contribution in [0.4, 0.5) is 0 Å². The first kappa shape index (κ1) is 20.6. The molecule has 1 heterocycles. The van der Waals surface area contributed by atoms with Crippen LogP contribution in [0.1, 0.15) is 43.2 Å². The van der Waals surface area contributed by atoms with E-state index in [-0.39, 0.29) is 0 Å². The third-order valence-electron chi connectivity index (χ3n) is 6.69. The highest BCUT2D eigenvalue weighted by Crippen LogP contribution is 2.24. The van der Waals surface area contributed by atoms with Crippen molar-refractivity contribution in [3.63, 3.8) is 0 Å². The minimum absolute atomic E-state index is 0.453. The minimum Gasteiger partial charge on any atom is -0.375 e. The van der Waals surface area contributed by atoms with Crippen molar-refractivity contribution in [3.8, 4) is 0 Å². The van der Waals surface area contributed by atoms with Crippen LogP contribution >= 0.6 is 0 Å². The molecular formula is C26H36N2O. The average Bonchev–Trinajstić information content (AvgIpc) is 2.81. The summed E-state index contributed by atoms with van der Waals surface area (Å²) in [5.74, 6) is 0. The molecule has 0 spiro atoms. The second kappa shape index (κ2) is 10.9. The second-order valence-corrected chi connectivity index (χ2v) is 8.71. The van der Waals surface area contributed by atoms with Gasteiger partial charge in [0.1, 0.15) is 0 Å². The second-order valence-electron chi connectivity index (χ2n) is 8.71. The molecule has 2 aromatic carbocycles. The molecule has 1 unspecified atom stereocenters. The monoisotopic (exact) mass is 392 g/mol. The van der Waals surface area contributed by atoms with E-state index in [2.05, 4.69) is 70.5 Å². The van der Waals surface area contributed by atoms with E-state index >= 15 is 0 Å². The summed E-state index contributed by atoms with van der Waals surface area (Å²) in [6.07, 6.45) is 8.18. The number of hydrogen-bond donors (Lipinski definition) is 0. The van der Waals surface area contributed by atoms with E-state index in [1.807, 2.05) is 0 Å². The lowest BCUT2D eigenvalue weighted by Crippen LogP contribution is -2.54. The quantitative estimate of drug-likeness (QED) is 0.644. The van der Waals surface area contributed by atoms with Gasteiger partial charge in [0.2, 0.25) is 0 Å². The first-order valence-electron chi connectivity index (χ1n) is 11.5. The predicted molar refractivity (Wildman–Crippen MR) is 120 cm³/mol. The van der Waals surface area contributed by atoms with Gasteiger partial charge in [0.25, 0.3) is 0 Å². The smallest absolute Gasteiger partial charge is 0.0717 e. The van der Waals surface area contributed by atoms with Crippen LogP contribution in [0.5, 0.6) is 0 Å². The molecule has 3 nitrogen and oxygen atoms in total. The summed E-state index contributed by atoms with van der Waals surface area (Å²) in [4.78, 5) is 5.44. The van der Waals surface area contributed by atoms with E-state index in [9.17, 15) is 0 Å². The Morgan fingerprint density at radius 3 is 2.03 bits per heavy atom. The highest BCUT2D eigenvalue weighted by molar-refractivity contribution is 5.16. The third kappa shape index (κ3) is 6.15. The van der Waals surface area contributed by atoms with Gasteiger partial charge in [-0.15, -0.1) is 0 Å². The fourth-order valence-electron chi connectivity index (χ4n) is 4.98. The molecule has 4 rings (SSSR count). The van der Waals surface area contributed by atoms with Crippen LogP contribution in [0.3, 0.4) is 0 Å². The van der Waals surface area contributed by atoms with Gasteiger partial charge in [0.15, 0.2) is 0 Å². The van der Waals surface area contributed by atoms with Gasteiger partial charge >= 0.3 is 0 Å². The molecular weight excluding hydrogens is 356 g/mol. The largest absolute Gasteiger partial charge is 0.375 e. The van der Waals surface area contributed by atoms with Crippen molar-refractivity contribution in [2.75, 3.05) is 32.8 Å². The zero-order valence-corrected chi connectivity index (χ0v) is 17.7. The summed E-state index contributed by atoms with van der Waals surface area (Å²) in [5, 5.41) is 0. The van der Waals surface area contributed by atoms with E-state index in [1.165, 1.54) is 69.4 Å². The Hall–Kier alpha value is -1.68. The van der Waals surface area contributed by atoms with Crippen LogP contribution in [0.15, 0.2) is 60.7 Å². The van der Waals surface area contributed by atoms with Crippen LogP contribution in [-0.2, 0) is 17.8 Å². The highest BCUT2D eigenvalue weighted by Gasteiger charge is 2.28. The van der Waals surface area contributed by atoms with Gasteiger partial charge in [-0.3, -0.25) is 9.80 Å². The Balaban J connectivity index is 1.33. The first-order chi connectivity index (χ1) is 14.4. The zero-order valence-electron chi connectivity index (χ0n) is 17.7. The van der Waals surface area contributed by atoms with Crippen molar-refractivity contribution in [1.82, 2.24) is 9.80 Å². The van der Waals surface area contributed by atoms with Crippen LogP contribution < -0.4 is 0 Å². The maximum atomic E-state index is 6.20. The summed E-state index contributed by atoms with van der Waals surface area (Å²) in [6.45, 7) is 6.27. The van der Waals surface area contributed by atoms with E-state index < -0.39 is 0 Å². The van der Waals surface area contributed by atoms with Crippen molar-refractivity contribution < 1.29 is 4.74 Å². The molecule has 0 amide bonds. The Bertz CT molecular complexity index is 691. The summed E-state index contributed by atoms with van der Waals surface area (Å²) < 4.78 is 6.20. The Morgan fingerprint density at radius 2 is 1.38 bits per heavy atom. The molecule has 29 heavy (non-hydrogen) atoms. The normalized spacial score (nSPS) is 20.6. The minimum atomic E-state index is 0.453. The average molecular weight is 393 g/mol. The predicted octanol–water partition coefficient (Wildman–Crippen LogP) is 4.76. The van der Waals surface area contributed by atoms with E-state index in [0.29, 0.717) is 12.6 Å². The number of nitrogens with zero attached hydrogens (tertiary/aromatic N) is 2. The molecule has 2 fully saturated rings. The standard InChI is InChI=1S/C26H36N2O/c1-4-10-23(11-5-1)20-26(22-29-21-24-12-6-2-7-13-24)28-18-16-27(17-19-28)25-14-8-3-9-15-25/h1-2,4-7,10-13,25-26H,3,8-9,14-22H2. The lowest BCUT2D eigenvalue weighted by atomic mass is 9.93. The molecule has 2 aliphatic rings. The number of ether oxygens (including phenoxy) is 1. The fourth-order valence-corrected chi connectivity index (χ4v) is 4.98. The third-order valence-corrected chi connectivity index (χ3v) is 6.69. The maximum Gasteiger partial charge on any atom is 0.0717 e. The SMILES string of the molecule is c1ccc(COCC(Cc2ccccc2)N2CCN(C3CCCCC3)CC2)cc1. The van der Waals surface area contributed by atoms with Gasteiger partial charge in [-0.2, -0.15) is 0 Å². The molecule has 1 saturated carbocycles. The molecule has 0 aromatic heterocycles. The number of piperazine rings is 1. The van der Waals surface area contributed by atoms with Gasteiger partial charge < -0.3 is 4.74 Å². The molecule has 2 aromatic rings. The lowest BCUT2D eigenvalue weighted by Gasteiger charge is -2.43. The van der Waals surface area contributed by atoms with E-state index in [0.717, 1.165) is 19.1 Å². The topological polar surface area (TPSA) is 15.7 Å². The summed E-state index contributed by atoms with van der Waals surface area (Å²) in [5.41, 5.74) is 2.67. The Kier molecular flexibility index (Phi) is 7.75. The van der Waals surface area contributed by atoms with Crippen LogP contribution in [0.25, 0.3) is 0 Å². The van der Waals surface area contributed by atoms with Crippen molar-refractivity contribution in [3.05, 3.63) is 71.8 Å². The number of benzene rings is 2. The summed E-state index contributed by atoms with van der Waals surface area (Å²) in [6, 6.07) is 22.7. The van der Waals surface area contributed by atoms with Gasteiger partial charge in [-0.05, 0) is 30.4 Å². The van der Waals surface area contributed by atoms with Crippen LogP contribution in [-0.4, -0.2) is 54.7 Å². The molecule has 1 saturated heterocycles. The van der Waals surface area contributed by atoms with Gasteiger partial charge in [0.05, 0.1) is 13.2 Å². The molecule has 0 N–H and O–H groups in total. The van der Waals surface area contributed by atoms with Crippen molar-refractivity contribution in [2.45, 2.75) is 57.2 Å². The van der Waals surface area contributed by atoms with Gasteiger partial charge in [-0.1, -0.05) is 79.9 Å². The van der Waals surface area contributed by atoms with E-state index in [4.69, 9.17) is 4.74 Å². The molecule has 0 bridgehead atoms. The number of hydrogen-bond acceptors (Lipinski definition) is 3. The van der Waals surface area contributed by atoms with Crippen molar-refractivity contribution in [2.24, 2.45) is 0 Å². The zero-order chi connectivity index (χ0) is 19.7. The summed E-state index contributed by atoms with van der Waals surface area (Å²) >= 11 is 0. The van der Waals surface area contributed by atoms with Gasteiger partial charge in [-0.25, -0.2) is 0 Å². The molecule has 0 radical (unpaired) electrons. The maximum absolute atomic E-state index is 6.20. The van der Waals surface area contributed by atoms with Crippen molar-refractivity contribution in [1.29, 1.82) is 0 Å². The highest BCUT2D eigenvalue weighted by atomic mass is 16.5. The molecule has 1 aliphatic heterocycles. The van der Waals surface area contributed by atoms with Crippen LogP contribution in [0, 0.1) is 0 Å². The molecule has 1 aliphatic carbocycles. The molecule has 1 atom stereocenters. The lowest BCUT2D eigenvalue weighted by molar-refractivity contribution is 0.0122. The summed E-state index contributed by atoms with van der Waals surface area (Å²) in [7, 11) is 0. The Labute approximate surface area is 176 Å². The van der Waals surface area contributed by atoms with Crippen LogP contribution in [0.2, 0.25) is 0 Å².